The van der Waals surface area contributed by atoms with E-state index in [2.05, 4.69) is 22.0 Å². The molecule has 39 heavy (non-hydrogen) atoms. The number of carbonyl (C=O) groups is 3. The van der Waals surface area contributed by atoms with Crippen LogP contribution >= 0.6 is 11.3 Å². The third-order valence-electron chi connectivity index (χ3n) is 5.70. The van der Waals surface area contributed by atoms with Gasteiger partial charge in [-0.25, -0.2) is 9.59 Å². The van der Waals surface area contributed by atoms with E-state index in [1.807, 2.05) is 35.7 Å². The lowest BCUT2D eigenvalue weighted by Crippen LogP contribution is -2.60. The molecule has 2 saturated heterocycles. The highest BCUT2D eigenvalue weighted by Crippen LogP contribution is 2.27. The summed E-state index contributed by atoms with van der Waals surface area (Å²) in [6, 6.07) is 6.33. The van der Waals surface area contributed by atoms with Gasteiger partial charge in [-0.3, -0.25) is 14.7 Å². The second-order valence-electron chi connectivity index (χ2n) is 8.34. The van der Waals surface area contributed by atoms with Crippen LogP contribution < -0.4 is 0 Å². The van der Waals surface area contributed by atoms with Gasteiger partial charge >= 0.3 is 24.3 Å². The Balaban J connectivity index is 0.000000317. The zero-order valence-electron chi connectivity index (χ0n) is 20.4. The second kappa shape index (κ2) is 13.7. The summed E-state index contributed by atoms with van der Waals surface area (Å²) in [6.45, 7) is 6.09. The Morgan fingerprint density at radius 1 is 1.03 bits per heavy atom. The van der Waals surface area contributed by atoms with Gasteiger partial charge in [-0.2, -0.15) is 26.3 Å². The van der Waals surface area contributed by atoms with Crippen LogP contribution in [0, 0.1) is 6.92 Å². The summed E-state index contributed by atoms with van der Waals surface area (Å²) >= 11 is 1.63. The number of pyridine rings is 1. The first kappa shape index (κ1) is 32.0. The molecule has 0 spiro atoms. The molecule has 0 saturated carbocycles. The predicted molar refractivity (Wildman–Crippen MR) is 125 cm³/mol. The molecule has 2 aliphatic heterocycles. The molecule has 4 heterocycles. The number of aliphatic carboxylic acids is 2. The number of carbonyl (C=O) groups excluding carboxylic acids is 1. The maximum atomic E-state index is 12.9. The number of morpholine rings is 1. The summed E-state index contributed by atoms with van der Waals surface area (Å²) in [7, 11) is 0. The highest BCUT2D eigenvalue weighted by Gasteiger charge is 2.40. The molecule has 0 aliphatic carbocycles. The van der Waals surface area contributed by atoms with Gasteiger partial charge in [-0.1, -0.05) is 0 Å². The topological polar surface area (TPSA) is 120 Å². The monoisotopic (exact) mass is 585 g/mol. The van der Waals surface area contributed by atoms with Crippen LogP contribution in [-0.4, -0.2) is 93.6 Å². The van der Waals surface area contributed by atoms with E-state index in [-0.39, 0.29) is 18.1 Å². The number of thiophene rings is 1. The lowest BCUT2D eigenvalue weighted by molar-refractivity contribution is -0.193. The number of alkyl halides is 6. The summed E-state index contributed by atoms with van der Waals surface area (Å²) in [5.41, 5.74) is 2.11. The number of nitrogens with zero attached hydrogens (tertiary/aromatic N) is 3. The third kappa shape index (κ3) is 9.78. The highest BCUT2D eigenvalue weighted by atomic mass is 32.1. The summed E-state index contributed by atoms with van der Waals surface area (Å²) in [6.07, 6.45) is -5.36. The number of aryl methyl sites for hydroxylation is 1. The summed E-state index contributed by atoms with van der Waals surface area (Å²) < 4.78 is 69.5. The molecule has 2 N–H and O–H groups in total. The lowest BCUT2D eigenvalue weighted by atomic mass is 9.97. The van der Waals surface area contributed by atoms with E-state index in [0.717, 1.165) is 49.6 Å². The molecular weight excluding hydrogens is 560 g/mol. The van der Waals surface area contributed by atoms with Crippen LogP contribution in [0.3, 0.4) is 0 Å². The second-order valence-corrected chi connectivity index (χ2v) is 9.46. The number of halogens is 6. The van der Waals surface area contributed by atoms with Crippen molar-refractivity contribution in [3.63, 3.8) is 0 Å². The molecule has 0 aromatic carbocycles. The van der Waals surface area contributed by atoms with Crippen LogP contribution in [0.25, 0.3) is 0 Å². The SMILES string of the molecule is Cc1sccc1C(=O)N1CC[C@@H]2OCCN(Cc3ccncc3)[C@H]2C1.O=C(O)C(F)(F)F.O=C(O)C(F)(F)F. The number of hydrogen-bond acceptors (Lipinski definition) is 7. The van der Waals surface area contributed by atoms with E-state index in [4.69, 9.17) is 24.5 Å². The van der Waals surface area contributed by atoms with E-state index in [0.29, 0.717) is 0 Å². The summed E-state index contributed by atoms with van der Waals surface area (Å²) in [5, 5.41) is 16.2. The number of aromatic nitrogens is 1. The van der Waals surface area contributed by atoms with Gasteiger partial charge in [0.1, 0.15) is 0 Å². The Morgan fingerprint density at radius 3 is 2.08 bits per heavy atom. The minimum atomic E-state index is -5.08. The van der Waals surface area contributed by atoms with E-state index >= 15 is 0 Å². The minimum absolute atomic E-state index is 0.159. The molecule has 4 rings (SSSR count). The van der Waals surface area contributed by atoms with Crippen molar-refractivity contribution in [1.82, 2.24) is 14.8 Å². The van der Waals surface area contributed by atoms with Crippen LogP contribution in [-0.2, 0) is 20.9 Å². The third-order valence-corrected chi connectivity index (χ3v) is 6.54. The van der Waals surface area contributed by atoms with E-state index in [9.17, 15) is 31.1 Å². The van der Waals surface area contributed by atoms with Crippen LogP contribution in [0.4, 0.5) is 26.3 Å². The maximum Gasteiger partial charge on any atom is 0.490 e. The van der Waals surface area contributed by atoms with Crippen molar-refractivity contribution in [3.05, 3.63) is 52.0 Å². The van der Waals surface area contributed by atoms with Gasteiger partial charge < -0.3 is 19.8 Å². The van der Waals surface area contributed by atoms with Gasteiger partial charge in [0, 0.05) is 43.4 Å². The summed E-state index contributed by atoms with van der Waals surface area (Å²) in [5.74, 6) is -5.35. The molecule has 0 bridgehead atoms. The molecule has 2 aromatic heterocycles. The Hall–Kier alpha value is -3.24. The van der Waals surface area contributed by atoms with Gasteiger partial charge in [0.25, 0.3) is 5.91 Å². The Kier molecular flexibility index (Phi) is 11.2. The van der Waals surface area contributed by atoms with Crippen LogP contribution in [0.2, 0.25) is 0 Å². The Morgan fingerprint density at radius 2 is 1.59 bits per heavy atom. The molecular formula is C23H25F6N3O6S. The van der Waals surface area contributed by atoms with Crippen molar-refractivity contribution in [1.29, 1.82) is 0 Å². The lowest BCUT2D eigenvalue weighted by Gasteiger charge is -2.47. The standard InChI is InChI=1S/C19H23N3O2S.2C2HF3O2/c1-14-16(5-11-25-14)19(23)22-8-4-18-17(13-22)21(9-10-24-18)12-15-2-6-20-7-3-15;2*3-2(4,5)1(6)7/h2-3,5-7,11,17-18H,4,8-10,12-13H2,1H3;2*(H,6,7)/t17-,18-;;/m0../s1. The number of ether oxygens (including phenoxy) is 1. The molecule has 2 atom stereocenters. The van der Waals surface area contributed by atoms with E-state index in [1.54, 1.807) is 11.3 Å². The zero-order valence-corrected chi connectivity index (χ0v) is 21.2. The van der Waals surface area contributed by atoms with Crippen molar-refractivity contribution < 1.29 is 55.7 Å². The fraction of sp³-hybridized carbons (Fsp3) is 0.478. The van der Waals surface area contributed by atoms with E-state index < -0.39 is 24.3 Å². The highest BCUT2D eigenvalue weighted by molar-refractivity contribution is 7.10. The number of likely N-dealkylation sites (tertiary alicyclic amines) is 1. The number of hydrogen-bond donors (Lipinski definition) is 2. The first-order valence-electron chi connectivity index (χ1n) is 11.3. The molecule has 2 aliphatic rings. The van der Waals surface area contributed by atoms with Crippen LogP contribution in [0.15, 0.2) is 36.0 Å². The van der Waals surface area contributed by atoms with Gasteiger partial charge in [-0.15, -0.1) is 11.3 Å². The van der Waals surface area contributed by atoms with Gasteiger partial charge in [-0.05, 0) is 42.5 Å². The fourth-order valence-corrected chi connectivity index (χ4v) is 4.51. The Labute approximate surface area is 222 Å². The average molecular weight is 586 g/mol. The first-order chi connectivity index (χ1) is 18.1. The van der Waals surface area contributed by atoms with Crippen LogP contribution in [0.1, 0.15) is 27.2 Å². The molecule has 1 amide bonds. The van der Waals surface area contributed by atoms with Crippen molar-refractivity contribution in [2.45, 2.75) is 44.4 Å². The number of amides is 1. The molecule has 2 aromatic rings. The number of carboxylic acid groups (broad SMARTS) is 2. The molecule has 216 valence electrons. The maximum absolute atomic E-state index is 12.9. The average Bonchev–Trinajstić information content (AvgIpc) is 3.29. The smallest absolute Gasteiger partial charge is 0.475 e. The van der Waals surface area contributed by atoms with E-state index in [1.165, 1.54) is 5.56 Å². The van der Waals surface area contributed by atoms with Crippen molar-refractivity contribution >= 4 is 29.2 Å². The fourth-order valence-electron chi connectivity index (χ4n) is 3.82. The molecule has 16 heteroatoms. The number of carboxylic acids is 2. The Bertz CT molecular complexity index is 1090. The van der Waals surface area contributed by atoms with Crippen LogP contribution in [0.5, 0.6) is 0 Å². The molecule has 0 unspecified atom stereocenters. The van der Waals surface area contributed by atoms with Crippen molar-refractivity contribution in [2.24, 2.45) is 0 Å². The number of rotatable bonds is 3. The zero-order chi connectivity index (χ0) is 29.4. The van der Waals surface area contributed by atoms with Crippen molar-refractivity contribution in [2.75, 3.05) is 26.2 Å². The van der Waals surface area contributed by atoms with Crippen molar-refractivity contribution in [3.8, 4) is 0 Å². The molecule has 0 radical (unpaired) electrons. The summed E-state index contributed by atoms with van der Waals surface area (Å²) in [4.78, 5) is 40.3. The number of piperidine rings is 1. The largest absolute Gasteiger partial charge is 0.490 e. The minimum Gasteiger partial charge on any atom is -0.475 e. The normalized spacial score (nSPS) is 19.5. The predicted octanol–water partition coefficient (Wildman–Crippen LogP) is 3.83. The molecule has 2 fully saturated rings. The molecule has 9 nitrogen and oxygen atoms in total. The van der Waals surface area contributed by atoms with Gasteiger partial charge in [0.05, 0.1) is 24.3 Å². The first-order valence-corrected chi connectivity index (χ1v) is 12.2. The number of fused-ring (bicyclic) bond motifs is 1. The quantitative estimate of drug-likeness (QED) is 0.522. The van der Waals surface area contributed by atoms with Gasteiger partial charge in [0.2, 0.25) is 0 Å². The van der Waals surface area contributed by atoms with Gasteiger partial charge in [0.15, 0.2) is 0 Å².